The number of piperidine rings is 1. The highest BCUT2D eigenvalue weighted by Gasteiger charge is 2.33. The van der Waals surface area contributed by atoms with Crippen LogP contribution in [0.1, 0.15) is 32.6 Å². The van der Waals surface area contributed by atoms with Crippen LogP contribution in [0, 0.1) is 5.92 Å². The number of hydrogen-bond donors (Lipinski definition) is 1. The minimum Gasteiger partial charge on any atom is -0.395 e. The summed E-state index contributed by atoms with van der Waals surface area (Å²) in [5.41, 5.74) is 0. The summed E-state index contributed by atoms with van der Waals surface area (Å²) in [7, 11) is 1.90. The number of likely N-dealkylation sites (tertiary alicyclic amines) is 1. The highest BCUT2D eigenvalue weighted by Crippen LogP contribution is 2.27. The zero-order valence-electron chi connectivity index (χ0n) is 10.9. The smallest absolute Gasteiger partial charge is 0.236 e. The maximum absolute atomic E-state index is 12.1. The maximum atomic E-state index is 12.1. The number of likely N-dealkylation sites (N-methyl/N-ethyl adjacent to an activating group) is 1. The van der Waals surface area contributed by atoms with Gasteiger partial charge < -0.3 is 10.0 Å². The molecule has 0 bridgehead atoms. The summed E-state index contributed by atoms with van der Waals surface area (Å²) in [6, 6.07) is 0.651. The quantitative estimate of drug-likeness (QED) is 0.786. The van der Waals surface area contributed by atoms with Crippen LogP contribution in [0.2, 0.25) is 0 Å². The van der Waals surface area contributed by atoms with Crippen molar-refractivity contribution in [2.45, 2.75) is 44.7 Å². The van der Waals surface area contributed by atoms with Crippen LogP contribution in [0.25, 0.3) is 0 Å². The Morgan fingerprint density at radius 2 is 2.12 bits per heavy atom. The van der Waals surface area contributed by atoms with Crippen molar-refractivity contribution in [3.05, 3.63) is 0 Å². The van der Waals surface area contributed by atoms with Crippen LogP contribution in [0.5, 0.6) is 0 Å². The largest absolute Gasteiger partial charge is 0.395 e. The van der Waals surface area contributed by atoms with Gasteiger partial charge in [0.15, 0.2) is 0 Å². The summed E-state index contributed by atoms with van der Waals surface area (Å²) in [6.07, 6.45) is 4.61. The molecule has 4 nitrogen and oxygen atoms in total. The van der Waals surface area contributed by atoms with Crippen molar-refractivity contribution < 1.29 is 9.90 Å². The molecule has 0 aromatic rings. The Hall–Kier alpha value is -0.610. The van der Waals surface area contributed by atoms with Crippen LogP contribution in [-0.4, -0.2) is 59.6 Å². The van der Waals surface area contributed by atoms with Gasteiger partial charge in [0.25, 0.3) is 0 Å². The van der Waals surface area contributed by atoms with Gasteiger partial charge in [-0.15, -0.1) is 0 Å². The Morgan fingerprint density at radius 1 is 1.41 bits per heavy atom. The second-order valence-electron chi connectivity index (χ2n) is 5.58. The molecule has 0 radical (unpaired) electrons. The van der Waals surface area contributed by atoms with Crippen LogP contribution < -0.4 is 0 Å². The minimum absolute atomic E-state index is 0.167. The second-order valence-corrected chi connectivity index (χ2v) is 5.58. The molecule has 2 unspecified atom stereocenters. The van der Waals surface area contributed by atoms with E-state index < -0.39 is 0 Å². The zero-order chi connectivity index (χ0) is 12.4. The molecular formula is C13H24N2O2. The van der Waals surface area contributed by atoms with Crippen molar-refractivity contribution in [2.24, 2.45) is 5.92 Å². The Kier molecular flexibility index (Phi) is 4.05. The van der Waals surface area contributed by atoms with E-state index in [1.165, 1.54) is 0 Å². The van der Waals surface area contributed by atoms with Crippen LogP contribution in [0.3, 0.4) is 0 Å². The summed E-state index contributed by atoms with van der Waals surface area (Å²) < 4.78 is 0. The van der Waals surface area contributed by atoms with Crippen LogP contribution in [0.15, 0.2) is 0 Å². The third-order valence-electron chi connectivity index (χ3n) is 4.24. The minimum atomic E-state index is 0.167. The number of aliphatic hydroxyl groups excluding tert-OH is 1. The Labute approximate surface area is 104 Å². The van der Waals surface area contributed by atoms with E-state index in [-0.39, 0.29) is 18.6 Å². The van der Waals surface area contributed by atoms with Crippen molar-refractivity contribution >= 4 is 5.91 Å². The number of hydrogen-bond acceptors (Lipinski definition) is 3. The average molecular weight is 240 g/mol. The molecule has 1 aliphatic heterocycles. The molecule has 0 aromatic carbocycles. The average Bonchev–Trinajstić information content (AvgIpc) is 3.12. The number of carbonyl (C=O) groups is 1. The van der Waals surface area contributed by atoms with E-state index in [0.717, 1.165) is 32.2 Å². The van der Waals surface area contributed by atoms with Gasteiger partial charge in [-0.25, -0.2) is 0 Å². The SMILES string of the molecule is CC1CCCN(CC(=O)N(C)C2CC2)C1CO. The summed E-state index contributed by atoms with van der Waals surface area (Å²) in [6.45, 7) is 3.76. The first-order valence-corrected chi connectivity index (χ1v) is 6.74. The molecule has 2 rings (SSSR count). The lowest BCUT2D eigenvalue weighted by Crippen LogP contribution is -2.50. The molecule has 2 aliphatic rings. The molecule has 17 heavy (non-hydrogen) atoms. The molecule has 1 aliphatic carbocycles. The summed E-state index contributed by atoms with van der Waals surface area (Å²) >= 11 is 0. The molecule has 1 saturated heterocycles. The molecule has 0 spiro atoms. The first kappa shape index (κ1) is 12.8. The molecule has 2 fully saturated rings. The summed E-state index contributed by atoms with van der Waals surface area (Å²) in [4.78, 5) is 16.1. The van der Waals surface area contributed by atoms with E-state index >= 15 is 0 Å². The van der Waals surface area contributed by atoms with E-state index in [9.17, 15) is 9.90 Å². The molecule has 1 N–H and O–H groups in total. The van der Waals surface area contributed by atoms with Crippen LogP contribution in [0.4, 0.5) is 0 Å². The predicted octanol–water partition coefficient (Wildman–Crippen LogP) is 0.700. The third-order valence-corrected chi connectivity index (χ3v) is 4.24. The predicted molar refractivity (Wildman–Crippen MR) is 66.6 cm³/mol. The number of aliphatic hydroxyl groups is 1. The van der Waals surface area contributed by atoms with Crippen molar-refractivity contribution in [1.82, 2.24) is 9.80 Å². The van der Waals surface area contributed by atoms with Gasteiger partial charge in [-0.1, -0.05) is 6.92 Å². The van der Waals surface area contributed by atoms with Gasteiger partial charge >= 0.3 is 0 Å². The lowest BCUT2D eigenvalue weighted by molar-refractivity contribution is -0.133. The number of nitrogens with zero attached hydrogens (tertiary/aromatic N) is 2. The molecule has 0 aromatic heterocycles. The van der Waals surface area contributed by atoms with Crippen molar-refractivity contribution in [3.63, 3.8) is 0 Å². The molecule has 4 heteroatoms. The monoisotopic (exact) mass is 240 g/mol. The van der Waals surface area contributed by atoms with Crippen molar-refractivity contribution in [3.8, 4) is 0 Å². The molecule has 1 heterocycles. The maximum Gasteiger partial charge on any atom is 0.236 e. The van der Waals surface area contributed by atoms with Gasteiger partial charge in [-0.2, -0.15) is 0 Å². The Bertz CT molecular complexity index is 279. The molecule has 98 valence electrons. The standard InChI is InChI=1S/C13H24N2O2/c1-10-4-3-7-15(12(10)9-16)8-13(17)14(2)11-5-6-11/h10-12,16H,3-9H2,1-2H3. The molecule has 2 atom stereocenters. The fourth-order valence-corrected chi connectivity index (χ4v) is 2.78. The first-order valence-electron chi connectivity index (χ1n) is 6.74. The van der Waals surface area contributed by atoms with Gasteiger partial charge in [0, 0.05) is 19.1 Å². The van der Waals surface area contributed by atoms with Gasteiger partial charge in [-0.3, -0.25) is 9.69 Å². The van der Waals surface area contributed by atoms with Crippen molar-refractivity contribution in [2.75, 3.05) is 26.7 Å². The molecule has 1 saturated carbocycles. The van der Waals surface area contributed by atoms with E-state index in [4.69, 9.17) is 0 Å². The van der Waals surface area contributed by atoms with E-state index in [2.05, 4.69) is 11.8 Å². The summed E-state index contributed by atoms with van der Waals surface area (Å²) in [5, 5.41) is 9.44. The second kappa shape index (κ2) is 5.36. The highest BCUT2D eigenvalue weighted by atomic mass is 16.3. The van der Waals surface area contributed by atoms with E-state index in [1.807, 2.05) is 11.9 Å². The normalized spacial score (nSPS) is 30.3. The summed E-state index contributed by atoms with van der Waals surface area (Å²) in [5.74, 6) is 0.702. The van der Waals surface area contributed by atoms with Gasteiger partial charge in [0.2, 0.25) is 5.91 Å². The van der Waals surface area contributed by atoms with Crippen molar-refractivity contribution in [1.29, 1.82) is 0 Å². The van der Waals surface area contributed by atoms with Gasteiger partial charge in [0.05, 0.1) is 13.2 Å². The lowest BCUT2D eigenvalue weighted by Gasteiger charge is -2.39. The van der Waals surface area contributed by atoms with Crippen LogP contribution >= 0.6 is 0 Å². The van der Waals surface area contributed by atoms with Gasteiger partial charge in [0.1, 0.15) is 0 Å². The van der Waals surface area contributed by atoms with Gasteiger partial charge in [-0.05, 0) is 38.1 Å². The molecule has 1 amide bonds. The van der Waals surface area contributed by atoms with Crippen LogP contribution in [-0.2, 0) is 4.79 Å². The fraction of sp³-hybridized carbons (Fsp3) is 0.923. The van der Waals surface area contributed by atoms with E-state index in [1.54, 1.807) is 0 Å². The van der Waals surface area contributed by atoms with E-state index in [0.29, 0.717) is 18.5 Å². The zero-order valence-corrected chi connectivity index (χ0v) is 10.9. The first-order chi connectivity index (χ1) is 8.13. The lowest BCUT2D eigenvalue weighted by atomic mass is 9.91. The number of rotatable bonds is 4. The third kappa shape index (κ3) is 2.99. The highest BCUT2D eigenvalue weighted by molar-refractivity contribution is 5.78. The topological polar surface area (TPSA) is 43.8 Å². The fourth-order valence-electron chi connectivity index (χ4n) is 2.78. The Morgan fingerprint density at radius 3 is 2.71 bits per heavy atom. The Balaban J connectivity index is 1.89. The number of amides is 1. The molecular weight excluding hydrogens is 216 g/mol. The number of carbonyl (C=O) groups excluding carboxylic acids is 1.